The second kappa shape index (κ2) is 5.31. The third kappa shape index (κ3) is 2.61. The Balaban J connectivity index is 1.86. The molecule has 2 bridgehead atoms. The first-order chi connectivity index (χ1) is 9.49. The smallest absolute Gasteiger partial charge is 0.244 e. The van der Waals surface area contributed by atoms with Crippen LogP contribution in [0.3, 0.4) is 0 Å². The summed E-state index contributed by atoms with van der Waals surface area (Å²) in [4.78, 5) is 0.206. The molecule has 1 aromatic rings. The van der Waals surface area contributed by atoms with Crippen molar-refractivity contribution in [2.45, 2.75) is 36.6 Å². The quantitative estimate of drug-likeness (QED) is 0.898. The molecule has 4 nitrogen and oxygen atoms in total. The van der Waals surface area contributed by atoms with Gasteiger partial charge in [0.25, 0.3) is 0 Å². The molecule has 0 saturated heterocycles. The van der Waals surface area contributed by atoms with E-state index in [2.05, 4.69) is 20.7 Å². The number of hydrogen-bond acceptors (Lipinski definition) is 3. The van der Waals surface area contributed by atoms with Gasteiger partial charge in [-0.2, -0.15) is 0 Å². The molecule has 2 aliphatic carbocycles. The summed E-state index contributed by atoms with van der Waals surface area (Å²) in [5, 5.41) is 0. The number of rotatable bonds is 4. The van der Waals surface area contributed by atoms with Gasteiger partial charge in [-0.15, -0.1) is 0 Å². The van der Waals surface area contributed by atoms with Gasteiger partial charge in [-0.3, -0.25) is 0 Å². The molecule has 0 heterocycles. The topological polar surface area (TPSA) is 55.4 Å². The van der Waals surface area contributed by atoms with Crippen molar-refractivity contribution in [1.82, 2.24) is 4.72 Å². The van der Waals surface area contributed by atoms with Gasteiger partial charge in [0.05, 0.1) is 7.11 Å². The molecule has 2 saturated carbocycles. The van der Waals surface area contributed by atoms with Crippen LogP contribution in [-0.2, 0) is 10.0 Å². The summed E-state index contributed by atoms with van der Waals surface area (Å²) in [7, 11) is -2.05. The minimum Gasteiger partial charge on any atom is -0.495 e. The van der Waals surface area contributed by atoms with E-state index < -0.39 is 10.0 Å². The fourth-order valence-electron chi connectivity index (χ4n) is 3.51. The predicted octanol–water partition coefficient (Wildman–Crippen LogP) is 2.92. The third-order valence-corrected chi connectivity index (χ3v) is 6.46. The summed E-state index contributed by atoms with van der Waals surface area (Å²) < 4.78 is 33.9. The van der Waals surface area contributed by atoms with Crippen molar-refractivity contribution in [1.29, 1.82) is 0 Å². The van der Waals surface area contributed by atoms with Crippen molar-refractivity contribution < 1.29 is 13.2 Å². The average molecular weight is 360 g/mol. The maximum absolute atomic E-state index is 12.6. The molecule has 0 spiro atoms. The molecule has 1 N–H and O–H groups in total. The number of ether oxygens (including phenoxy) is 1. The van der Waals surface area contributed by atoms with Crippen LogP contribution >= 0.6 is 15.9 Å². The average Bonchev–Trinajstić information content (AvgIpc) is 3.00. The highest BCUT2D eigenvalue weighted by Gasteiger charge is 2.41. The van der Waals surface area contributed by atoms with Crippen LogP contribution in [0.1, 0.15) is 25.7 Å². The number of nitrogens with one attached hydrogen (secondary N) is 1. The zero-order valence-corrected chi connectivity index (χ0v) is 13.7. The highest BCUT2D eigenvalue weighted by Crippen LogP contribution is 2.45. The van der Waals surface area contributed by atoms with E-state index in [1.54, 1.807) is 18.2 Å². The third-order valence-electron chi connectivity index (χ3n) is 4.46. The highest BCUT2D eigenvalue weighted by atomic mass is 79.9. The van der Waals surface area contributed by atoms with Gasteiger partial charge in [0, 0.05) is 10.5 Å². The van der Waals surface area contributed by atoms with Crippen LogP contribution in [0.2, 0.25) is 0 Å². The van der Waals surface area contributed by atoms with Crippen LogP contribution in [0.5, 0.6) is 5.75 Å². The Labute approximate surface area is 128 Å². The lowest BCUT2D eigenvalue weighted by Gasteiger charge is -2.23. The Morgan fingerprint density at radius 2 is 2.10 bits per heavy atom. The van der Waals surface area contributed by atoms with Crippen molar-refractivity contribution in [3.8, 4) is 5.75 Å². The van der Waals surface area contributed by atoms with E-state index in [1.807, 2.05) is 0 Å². The van der Waals surface area contributed by atoms with E-state index in [9.17, 15) is 8.42 Å². The predicted molar refractivity (Wildman–Crippen MR) is 80.3 cm³/mol. The Bertz CT molecular complexity index is 617. The lowest BCUT2D eigenvalue weighted by atomic mass is 9.96. The molecular formula is C14H18BrNO3S. The van der Waals surface area contributed by atoms with Gasteiger partial charge in [0.15, 0.2) is 0 Å². The summed E-state index contributed by atoms with van der Waals surface area (Å²) in [6.45, 7) is 0. The second-order valence-corrected chi connectivity index (χ2v) is 8.30. The maximum atomic E-state index is 12.6. The number of sulfonamides is 1. The first-order valence-corrected chi connectivity index (χ1v) is 9.13. The summed E-state index contributed by atoms with van der Waals surface area (Å²) >= 11 is 3.32. The van der Waals surface area contributed by atoms with E-state index in [0.717, 1.165) is 17.3 Å². The van der Waals surface area contributed by atoms with Gasteiger partial charge in [-0.25, -0.2) is 13.1 Å². The van der Waals surface area contributed by atoms with Crippen LogP contribution in [0, 0.1) is 11.8 Å². The lowest BCUT2D eigenvalue weighted by molar-refractivity contribution is 0.385. The summed E-state index contributed by atoms with van der Waals surface area (Å²) in [6.07, 6.45) is 4.54. The standard InChI is InChI=1S/C14H18BrNO3S/c1-19-13-5-4-11(15)8-14(13)20(17,18)16-12-7-9-2-3-10(12)6-9/h4-5,8-10,12,16H,2-3,6-7H2,1H3. The van der Waals surface area contributed by atoms with Crippen LogP contribution < -0.4 is 9.46 Å². The van der Waals surface area contributed by atoms with Gasteiger partial charge < -0.3 is 4.74 Å². The van der Waals surface area contributed by atoms with E-state index in [4.69, 9.17) is 4.74 Å². The maximum Gasteiger partial charge on any atom is 0.244 e. The van der Waals surface area contributed by atoms with E-state index in [0.29, 0.717) is 17.6 Å². The molecule has 6 heteroatoms. The first kappa shape index (κ1) is 14.4. The molecule has 0 amide bonds. The van der Waals surface area contributed by atoms with E-state index >= 15 is 0 Å². The van der Waals surface area contributed by atoms with Crippen molar-refractivity contribution in [3.63, 3.8) is 0 Å². The van der Waals surface area contributed by atoms with Crippen molar-refractivity contribution >= 4 is 26.0 Å². The molecule has 3 unspecified atom stereocenters. The Hall–Kier alpha value is -0.590. The van der Waals surface area contributed by atoms with Crippen molar-refractivity contribution in [2.24, 2.45) is 11.8 Å². The number of fused-ring (bicyclic) bond motifs is 2. The van der Waals surface area contributed by atoms with E-state index in [-0.39, 0.29) is 10.9 Å². The molecule has 3 rings (SSSR count). The van der Waals surface area contributed by atoms with Gasteiger partial charge in [-0.1, -0.05) is 22.4 Å². The Morgan fingerprint density at radius 1 is 1.30 bits per heavy atom. The first-order valence-electron chi connectivity index (χ1n) is 6.85. The van der Waals surface area contributed by atoms with Crippen LogP contribution in [0.25, 0.3) is 0 Å². The molecule has 0 aromatic heterocycles. The summed E-state index contributed by atoms with van der Waals surface area (Å²) in [5.41, 5.74) is 0. The molecule has 20 heavy (non-hydrogen) atoms. The summed E-state index contributed by atoms with van der Waals surface area (Å²) in [6, 6.07) is 5.12. The minimum absolute atomic E-state index is 0.0856. The molecular weight excluding hydrogens is 342 g/mol. The molecule has 0 aliphatic heterocycles. The van der Waals surface area contributed by atoms with Crippen LogP contribution in [0.15, 0.2) is 27.6 Å². The van der Waals surface area contributed by atoms with Crippen LogP contribution in [-0.4, -0.2) is 21.6 Å². The molecule has 110 valence electrons. The normalized spacial score (nSPS) is 28.8. The minimum atomic E-state index is -3.54. The zero-order valence-electron chi connectivity index (χ0n) is 11.3. The van der Waals surface area contributed by atoms with Gasteiger partial charge in [-0.05, 0) is 49.3 Å². The second-order valence-electron chi connectivity index (χ2n) is 5.70. The molecule has 3 atom stereocenters. The Kier molecular flexibility index (Phi) is 3.81. The van der Waals surface area contributed by atoms with Crippen molar-refractivity contribution in [3.05, 3.63) is 22.7 Å². The fraction of sp³-hybridized carbons (Fsp3) is 0.571. The molecule has 2 fully saturated rings. The lowest BCUT2D eigenvalue weighted by Crippen LogP contribution is -2.38. The Morgan fingerprint density at radius 3 is 2.70 bits per heavy atom. The number of methoxy groups -OCH3 is 1. The monoisotopic (exact) mass is 359 g/mol. The fourth-order valence-corrected chi connectivity index (χ4v) is 5.54. The number of benzene rings is 1. The SMILES string of the molecule is COc1ccc(Br)cc1S(=O)(=O)NC1CC2CCC1C2. The molecule has 1 aromatic carbocycles. The largest absolute Gasteiger partial charge is 0.495 e. The van der Waals surface area contributed by atoms with Gasteiger partial charge in [0.2, 0.25) is 10.0 Å². The van der Waals surface area contributed by atoms with Crippen molar-refractivity contribution in [2.75, 3.05) is 7.11 Å². The number of hydrogen-bond donors (Lipinski definition) is 1. The molecule has 0 radical (unpaired) electrons. The number of halogens is 1. The zero-order chi connectivity index (χ0) is 14.3. The summed E-state index contributed by atoms with van der Waals surface area (Å²) in [5.74, 6) is 1.59. The van der Waals surface area contributed by atoms with E-state index in [1.165, 1.54) is 20.0 Å². The van der Waals surface area contributed by atoms with Gasteiger partial charge in [0.1, 0.15) is 10.6 Å². The molecule has 2 aliphatic rings. The van der Waals surface area contributed by atoms with Crippen LogP contribution in [0.4, 0.5) is 0 Å². The highest BCUT2D eigenvalue weighted by molar-refractivity contribution is 9.10. The van der Waals surface area contributed by atoms with Gasteiger partial charge >= 0.3 is 0 Å².